The first-order valence-electron chi connectivity index (χ1n) is 48.1. The van der Waals surface area contributed by atoms with Crippen molar-refractivity contribution in [3.05, 3.63) is 24.3 Å². The zero-order valence-electron chi connectivity index (χ0n) is 77.7. The van der Waals surface area contributed by atoms with Crippen molar-refractivity contribution >= 4 is 35.4 Å². The molecule has 6 rings (SSSR count). The molecule has 6 saturated heterocycles. The van der Waals surface area contributed by atoms with Crippen LogP contribution in [0.25, 0.3) is 0 Å². The number of hydrogen-bond donors (Lipinski definition) is 24. The Morgan fingerprint density at radius 3 is 1.32 bits per heavy atom. The lowest BCUT2D eigenvalue weighted by atomic mass is 9.86. The number of carboxylic acids is 2. The Bertz CT molecular complexity index is 3360. The summed E-state index contributed by atoms with van der Waals surface area (Å²) < 4.78 is 72.6. The smallest absolute Gasteiger partial charge is 0.364 e. The van der Waals surface area contributed by atoms with Gasteiger partial charge in [0.2, 0.25) is 17.7 Å². The van der Waals surface area contributed by atoms with E-state index in [4.69, 9.17) is 56.8 Å². The molecule has 772 valence electrons. The Morgan fingerprint density at radius 1 is 0.429 bits per heavy atom. The van der Waals surface area contributed by atoms with E-state index in [1.165, 1.54) is 109 Å². The zero-order chi connectivity index (χ0) is 98.1. The summed E-state index contributed by atoms with van der Waals surface area (Å²) in [5, 5.41) is 246. The Kier molecular flexibility index (Phi) is 53.7. The van der Waals surface area contributed by atoms with Gasteiger partial charge in [-0.3, -0.25) is 14.4 Å². The van der Waals surface area contributed by atoms with Gasteiger partial charge in [0.15, 0.2) is 25.2 Å². The number of carbonyl (C=O) groups excluding carboxylic acids is 4. The van der Waals surface area contributed by atoms with Crippen LogP contribution in [0.2, 0.25) is 0 Å². The molecule has 0 bridgehead atoms. The predicted molar refractivity (Wildman–Crippen MR) is 469 cm³/mol. The van der Waals surface area contributed by atoms with E-state index in [1.54, 1.807) is 6.08 Å². The topological polar surface area (TPSA) is 674 Å². The molecule has 6 heterocycles. The second-order valence-electron chi connectivity index (χ2n) is 36.3. The van der Waals surface area contributed by atoms with E-state index in [0.29, 0.717) is 12.8 Å². The molecule has 0 radical (unpaired) electrons. The molecule has 42 nitrogen and oxygen atoms in total. The monoisotopic (exact) mass is 1920 g/mol. The minimum Gasteiger partial charge on any atom is -0.477 e. The number of nitrogens with one attached hydrogen (secondary N) is 3. The first-order valence-corrected chi connectivity index (χ1v) is 48.1. The van der Waals surface area contributed by atoms with Crippen molar-refractivity contribution in [3.8, 4) is 0 Å². The molecule has 0 aliphatic carbocycles. The van der Waals surface area contributed by atoms with Gasteiger partial charge in [-0.15, -0.1) is 0 Å². The molecular weight excluding hydrogens is 1760 g/mol. The predicted octanol–water partition coefficient (Wildman–Crippen LogP) is -0.661. The maximum Gasteiger partial charge on any atom is 0.364 e. The summed E-state index contributed by atoms with van der Waals surface area (Å²) in [5.41, 5.74) is 0. The molecule has 133 heavy (non-hydrogen) atoms. The van der Waals surface area contributed by atoms with Gasteiger partial charge in [-0.05, 0) is 51.9 Å². The number of Topliss-reactive ketones (excluding diaryl/α,β-unsaturated/α-hetero) is 1. The van der Waals surface area contributed by atoms with Crippen molar-refractivity contribution in [1.29, 1.82) is 0 Å². The quantitative estimate of drug-likeness (QED) is 0.0265. The van der Waals surface area contributed by atoms with Crippen molar-refractivity contribution in [2.75, 3.05) is 46.2 Å². The van der Waals surface area contributed by atoms with Crippen LogP contribution in [0, 0.1) is 5.92 Å². The third-order valence-electron chi connectivity index (χ3n) is 25.5. The van der Waals surface area contributed by atoms with E-state index in [9.17, 15) is 136 Å². The minimum absolute atomic E-state index is 0.0844. The average Bonchev–Trinajstić information content (AvgIpc) is 0.746. The number of amides is 3. The molecule has 2 unspecified atom stereocenters. The lowest BCUT2D eigenvalue weighted by molar-refractivity contribution is -0.407. The number of hydrogen-bond acceptors (Lipinski definition) is 37. The summed E-state index contributed by atoms with van der Waals surface area (Å²) in [6.45, 7) is -0.774. The number of allylic oxidation sites excluding steroid dienone is 3. The van der Waals surface area contributed by atoms with Crippen molar-refractivity contribution < 1.29 is 193 Å². The number of unbranched alkanes of at least 4 members (excludes halogenated alkanes) is 28. The molecule has 3 amide bonds. The van der Waals surface area contributed by atoms with Crippen LogP contribution in [0.4, 0.5) is 0 Å². The Hall–Kier alpha value is -4.74. The Balaban J connectivity index is 1.29. The van der Waals surface area contributed by atoms with Crippen LogP contribution in [-0.4, -0.2) is 390 Å². The van der Waals surface area contributed by atoms with Gasteiger partial charge >= 0.3 is 11.9 Å². The molecule has 0 aromatic rings. The second kappa shape index (κ2) is 61.1. The van der Waals surface area contributed by atoms with E-state index < -0.39 is 308 Å². The molecule has 6 aliphatic rings. The number of ether oxygens (including phenoxy) is 12. The highest BCUT2D eigenvalue weighted by atomic mass is 16.8. The number of rotatable bonds is 65. The van der Waals surface area contributed by atoms with Crippen LogP contribution < -0.4 is 16.0 Å². The normalized spacial score (nSPS) is 34.2. The van der Waals surface area contributed by atoms with E-state index in [0.717, 1.165) is 104 Å². The second-order valence-corrected chi connectivity index (χ2v) is 36.3. The fourth-order valence-electron chi connectivity index (χ4n) is 17.9. The van der Waals surface area contributed by atoms with Gasteiger partial charge in [-0.2, -0.15) is 0 Å². The first-order chi connectivity index (χ1) is 63.6. The SMILES string of the molecule is CCCCCCCCC=CCCCCCCCCCCCCCC(=O)N[C@@H](CO[C@@H]1O[C@H](CO)[C@@H](O[C@@H]2O[C@H](CO)[C@H](O[C@@H]3O[C@H](CO)[C@H](O)[C@H](O[C@@H]4O[C@H](CO)[C@H](O)[C@H](O)[C@H]4O)[C@H]3CC(C)=O)[C@H](O[C@]3(C(=O)O)C[C@H](O)[C@@H](NC(C)=O)C([C@H](O)[C@@H](CO)O[C@]4(C(=O)O)C[C@H](O)[C@@H](NC(C)=O)C([C@H](O)[C@H](O)CO)O4)O3)[C@H]2O)[C@H](O)[C@H]1O)[C@H](O)C=CCCCCCCCCCCCCC. The largest absolute Gasteiger partial charge is 0.477 e. The van der Waals surface area contributed by atoms with Crippen LogP contribution in [0.3, 0.4) is 0 Å². The van der Waals surface area contributed by atoms with Gasteiger partial charge in [0.25, 0.3) is 11.6 Å². The van der Waals surface area contributed by atoms with E-state index in [1.807, 2.05) is 0 Å². The molecule has 0 aromatic carbocycles. The Morgan fingerprint density at radius 2 is 0.842 bits per heavy atom. The van der Waals surface area contributed by atoms with Crippen molar-refractivity contribution in [2.24, 2.45) is 5.92 Å². The minimum atomic E-state index is -3.68. The maximum absolute atomic E-state index is 14.4. The molecule has 6 aliphatic heterocycles. The van der Waals surface area contributed by atoms with Gasteiger partial charge < -0.3 is 185 Å². The van der Waals surface area contributed by atoms with Gasteiger partial charge in [0.1, 0.15) is 128 Å². The van der Waals surface area contributed by atoms with Crippen LogP contribution in [0.15, 0.2) is 24.3 Å². The summed E-state index contributed by atoms with van der Waals surface area (Å²) in [7, 11) is 0. The summed E-state index contributed by atoms with van der Waals surface area (Å²) in [6.07, 6.45) is -22.8. The molecule has 34 atom stereocenters. The first kappa shape index (κ1) is 117. The third kappa shape index (κ3) is 35.8. The number of aliphatic hydroxyl groups excluding tert-OH is 19. The number of aliphatic carboxylic acids is 2. The van der Waals surface area contributed by atoms with Crippen LogP contribution in [0.5, 0.6) is 0 Å². The molecule has 24 N–H and O–H groups in total. The summed E-state index contributed by atoms with van der Waals surface area (Å²) in [6, 6.07) is -5.10. The molecule has 0 saturated carbocycles. The van der Waals surface area contributed by atoms with Crippen LogP contribution >= 0.6 is 0 Å². The third-order valence-corrected chi connectivity index (χ3v) is 25.5. The summed E-state index contributed by atoms with van der Waals surface area (Å²) >= 11 is 0. The highest BCUT2D eigenvalue weighted by Crippen LogP contribution is 2.44. The highest BCUT2D eigenvalue weighted by molar-refractivity contribution is 5.78. The molecule has 6 fully saturated rings. The lowest BCUT2D eigenvalue weighted by Gasteiger charge is -2.53. The van der Waals surface area contributed by atoms with Gasteiger partial charge in [-0.25, -0.2) is 9.59 Å². The van der Waals surface area contributed by atoms with Crippen molar-refractivity contribution in [1.82, 2.24) is 16.0 Å². The molecule has 42 heteroatoms. The average molecular weight is 1920 g/mol. The number of carboxylic acid groups (broad SMARTS) is 2. The molecule has 0 spiro atoms. The molecule has 0 aromatic heterocycles. The van der Waals surface area contributed by atoms with E-state index in [-0.39, 0.29) is 6.42 Å². The van der Waals surface area contributed by atoms with Crippen molar-refractivity contribution in [2.45, 2.75) is 461 Å². The number of aliphatic hydroxyl groups is 19. The van der Waals surface area contributed by atoms with Gasteiger partial charge in [0.05, 0.1) is 88.8 Å². The maximum atomic E-state index is 14.4. The summed E-state index contributed by atoms with van der Waals surface area (Å²) in [5.74, 6) is -16.5. The van der Waals surface area contributed by atoms with Crippen molar-refractivity contribution in [3.63, 3.8) is 0 Å². The standard InChI is InChI=1S/C91H159N3O39/c1-6-8-10-12-14-16-18-20-21-22-23-24-25-26-27-29-31-33-35-37-39-41-66(108)94-56(57(104)40-38-36-34-32-30-28-19-17-15-13-11-9-7-2)51-122-85-76(116)74(114)79(64(49-99)125-85)128-87-77(117)83(80(65(50-100)126-87)129-84-55(42-52(3)101)78(71(111)62(47-97)123-84)127-86-75(115)73(113)70(110)61(46-96)124-86)133-91(89(120)121)44-59(106)68(93-54(5)103)82(132-91)72(112)63(48-98)130-90(88(118)119)43-58(105)67(92-53(4)102)81(131-90)69(109)60(107)45-95/h20-21,38,40,55-65,67-87,95-100,104-107,109-117H,6-19,22-37,39,41-51H2,1-5H3,(H,92,102)(H,93,103)(H,94,108)(H,118,119)(H,120,121)/t55-,56+,57-,58+,59+,60-,61-,62-,63-,64-,65-,67-,68-,69-,70+,71+,72-,73+,74-,75-,76-,77-,78-,79-,80+,81?,82?,83-,84+,85-,86+,87+,90-,91+/m1/s1. The number of carbonyl (C=O) groups is 6. The Labute approximate surface area is 778 Å². The number of ketones is 1. The highest BCUT2D eigenvalue weighted by Gasteiger charge is 2.64. The van der Waals surface area contributed by atoms with E-state index in [2.05, 4.69) is 41.9 Å². The fraction of sp³-hybridized carbons (Fsp3) is 0.890. The van der Waals surface area contributed by atoms with Gasteiger partial charge in [-0.1, -0.05) is 192 Å². The fourth-order valence-corrected chi connectivity index (χ4v) is 17.9. The van der Waals surface area contributed by atoms with Gasteiger partial charge in [0, 0.05) is 45.4 Å². The van der Waals surface area contributed by atoms with Crippen LogP contribution in [-0.2, 0) is 85.6 Å². The zero-order valence-corrected chi connectivity index (χ0v) is 77.7. The molecular formula is C91H159N3O39. The lowest BCUT2D eigenvalue weighted by Crippen LogP contribution is -2.72. The van der Waals surface area contributed by atoms with E-state index >= 15 is 0 Å². The summed E-state index contributed by atoms with van der Waals surface area (Å²) in [4.78, 5) is 80.6. The van der Waals surface area contributed by atoms with Crippen LogP contribution in [0.1, 0.15) is 259 Å².